The number of pyridine rings is 1. The number of nitrogens with one attached hydrogen (secondary N) is 1. The molecule has 86 valence electrons. The molecule has 0 aliphatic carbocycles. The third kappa shape index (κ3) is 1.69. The Hall–Kier alpha value is -1.09. The monoisotopic (exact) mass is 217 g/mol. The van der Waals surface area contributed by atoms with Gasteiger partial charge in [-0.25, -0.2) is 0 Å². The molecule has 0 unspecified atom stereocenters. The summed E-state index contributed by atoms with van der Waals surface area (Å²) in [6, 6.07) is 4.30. The number of aryl methyl sites for hydroxylation is 1. The summed E-state index contributed by atoms with van der Waals surface area (Å²) in [7, 11) is 0. The maximum absolute atomic E-state index is 4.25. The second-order valence-electron chi connectivity index (χ2n) is 5.29. The van der Waals surface area contributed by atoms with E-state index in [1.54, 1.807) is 0 Å². The molecule has 1 spiro atoms. The Kier molecular flexibility index (Phi) is 2.36. The number of hydrogen-bond donors (Lipinski definition) is 1. The lowest BCUT2D eigenvalue weighted by Crippen LogP contribution is -2.62. The molecule has 3 heteroatoms. The zero-order valence-corrected chi connectivity index (χ0v) is 9.87. The molecule has 2 aliphatic rings. The predicted octanol–water partition coefficient (Wildman–Crippen LogP) is 1.58. The summed E-state index contributed by atoms with van der Waals surface area (Å²) in [4.78, 5) is 6.72. The van der Waals surface area contributed by atoms with Gasteiger partial charge in [0.15, 0.2) is 0 Å². The van der Waals surface area contributed by atoms with Gasteiger partial charge in [0.1, 0.15) is 0 Å². The molecule has 0 saturated carbocycles. The molecule has 0 amide bonds. The standard InChI is InChI=1S/C13H19N3/c1-11-7-12(3-6-15-11)16-9-13(10-16)4-2-5-14-8-13/h3,6-7,14H,2,4-5,8-10H2,1H3. The van der Waals surface area contributed by atoms with Crippen molar-refractivity contribution in [3.63, 3.8) is 0 Å². The van der Waals surface area contributed by atoms with Gasteiger partial charge >= 0.3 is 0 Å². The number of aromatic nitrogens is 1. The quantitative estimate of drug-likeness (QED) is 0.774. The van der Waals surface area contributed by atoms with Crippen molar-refractivity contribution >= 4 is 5.69 Å². The minimum atomic E-state index is 0.565. The van der Waals surface area contributed by atoms with Gasteiger partial charge in [0.25, 0.3) is 0 Å². The first-order chi connectivity index (χ1) is 7.77. The fraction of sp³-hybridized carbons (Fsp3) is 0.615. The molecule has 2 saturated heterocycles. The summed E-state index contributed by atoms with van der Waals surface area (Å²) in [5.41, 5.74) is 3.01. The third-order valence-electron chi connectivity index (χ3n) is 3.86. The van der Waals surface area contributed by atoms with Crippen molar-refractivity contribution in [3.05, 3.63) is 24.0 Å². The van der Waals surface area contributed by atoms with Gasteiger partial charge in [-0.15, -0.1) is 0 Å². The van der Waals surface area contributed by atoms with Crippen LogP contribution >= 0.6 is 0 Å². The van der Waals surface area contributed by atoms with Gasteiger partial charge < -0.3 is 10.2 Å². The molecule has 16 heavy (non-hydrogen) atoms. The van der Waals surface area contributed by atoms with Crippen LogP contribution in [-0.4, -0.2) is 31.2 Å². The summed E-state index contributed by atoms with van der Waals surface area (Å²) in [5.74, 6) is 0. The van der Waals surface area contributed by atoms with Crippen LogP contribution in [0.2, 0.25) is 0 Å². The SMILES string of the molecule is Cc1cc(N2CC3(CCCNC3)C2)ccn1. The van der Waals surface area contributed by atoms with Gasteiger partial charge in [0, 0.05) is 42.6 Å². The normalized spacial score (nSPS) is 23.2. The van der Waals surface area contributed by atoms with Crippen LogP contribution in [0.1, 0.15) is 18.5 Å². The van der Waals surface area contributed by atoms with Gasteiger partial charge in [-0.3, -0.25) is 4.98 Å². The summed E-state index contributed by atoms with van der Waals surface area (Å²) < 4.78 is 0. The van der Waals surface area contributed by atoms with E-state index < -0.39 is 0 Å². The van der Waals surface area contributed by atoms with E-state index >= 15 is 0 Å². The molecule has 0 aromatic carbocycles. The number of anilines is 1. The first kappa shape index (κ1) is 10.1. The van der Waals surface area contributed by atoms with E-state index in [1.807, 2.05) is 6.20 Å². The smallest absolute Gasteiger partial charge is 0.0400 e. The lowest BCUT2D eigenvalue weighted by molar-refractivity contribution is 0.157. The topological polar surface area (TPSA) is 28.2 Å². The highest BCUT2D eigenvalue weighted by molar-refractivity contribution is 5.50. The average Bonchev–Trinajstić information content (AvgIpc) is 2.27. The first-order valence-electron chi connectivity index (χ1n) is 6.16. The van der Waals surface area contributed by atoms with Crippen LogP contribution < -0.4 is 10.2 Å². The molecule has 1 aromatic heterocycles. The van der Waals surface area contributed by atoms with Crippen LogP contribution in [0.3, 0.4) is 0 Å². The van der Waals surface area contributed by atoms with E-state index in [9.17, 15) is 0 Å². The Morgan fingerprint density at radius 3 is 3.00 bits per heavy atom. The Bertz CT molecular complexity index is 375. The van der Waals surface area contributed by atoms with Crippen LogP contribution in [0.25, 0.3) is 0 Å². The highest BCUT2D eigenvalue weighted by Gasteiger charge is 2.43. The molecule has 1 aromatic rings. The van der Waals surface area contributed by atoms with Crippen molar-refractivity contribution < 1.29 is 0 Å². The second-order valence-corrected chi connectivity index (χ2v) is 5.29. The molecule has 0 bridgehead atoms. The lowest BCUT2D eigenvalue weighted by Gasteiger charge is -2.53. The van der Waals surface area contributed by atoms with Crippen molar-refractivity contribution in [3.8, 4) is 0 Å². The van der Waals surface area contributed by atoms with Crippen LogP contribution in [0, 0.1) is 12.3 Å². The van der Waals surface area contributed by atoms with Crippen LogP contribution in [0.15, 0.2) is 18.3 Å². The fourth-order valence-electron chi connectivity index (χ4n) is 2.97. The largest absolute Gasteiger partial charge is 0.370 e. The molecule has 3 heterocycles. The summed E-state index contributed by atoms with van der Waals surface area (Å²) in [6.07, 6.45) is 4.64. The van der Waals surface area contributed by atoms with E-state index in [4.69, 9.17) is 0 Å². The zero-order chi connectivity index (χ0) is 11.0. The fourth-order valence-corrected chi connectivity index (χ4v) is 2.97. The summed E-state index contributed by atoms with van der Waals surface area (Å²) in [5, 5.41) is 3.52. The van der Waals surface area contributed by atoms with Crippen molar-refractivity contribution in [2.24, 2.45) is 5.41 Å². The minimum Gasteiger partial charge on any atom is -0.370 e. The molecule has 0 atom stereocenters. The molecule has 3 nitrogen and oxygen atoms in total. The molecule has 1 N–H and O–H groups in total. The van der Waals surface area contributed by atoms with Crippen molar-refractivity contribution in [1.29, 1.82) is 0 Å². The summed E-state index contributed by atoms with van der Waals surface area (Å²) in [6.45, 7) is 6.89. The number of piperidine rings is 1. The highest BCUT2D eigenvalue weighted by Crippen LogP contribution is 2.39. The molecule has 2 fully saturated rings. The molecular formula is C13H19N3. The van der Waals surface area contributed by atoms with Gasteiger partial charge in [-0.1, -0.05) is 0 Å². The van der Waals surface area contributed by atoms with Crippen molar-refractivity contribution in [2.45, 2.75) is 19.8 Å². The van der Waals surface area contributed by atoms with E-state index in [2.05, 4.69) is 34.3 Å². The number of rotatable bonds is 1. The van der Waals surface area contributed by atoms with Crippen LogP contribution in [0.5, 0.6) is 0 Å². The average molecular weight is 217 g/mol. The van der Waals surface area contributed by atoms with Crippen molar-refractivity contribution in [1.82, 2.24) is 10.3 Å². The Morgan fingerprint density at radius 1 is 1.44 bits per heavy atom. The Balaban J connectivity index is 1.68. The van der Waals surface area contributed by atoms with E-state index in [0.717, 1.165) is 5.69 Å². The molecule has 3 rings (SSSR count). The number of hydrogen-bond acceptors (Lipinski definition) is 3. The highest BCUT2D eigenvalue weighted by atomic mass is 15.2. The van der Waals surface area contributed by atoms with Crippen molar-refractivity contribution in [2.75, 3.05) is 31.1 Å². The summed E-state index contributed by atoms with van der Waals surface area (Å²) >= 11 is 0. The van der Waals surface area contributed by atoms with Crippen LogP contribution in [-0.2, 0) is 0 Å². The van der Waals surface area contributed by atoms with E-state index in [1.165, 1.54) is 44.7 Å². The predicted molar refractivity (Wildman–Crippen MR) is 65.7 cm³/mol. The maximum atomic E-state index is 4.25. The Labute approximate surface area is 96.9 Å². The van der Waals surface area contributed by atoms with E-state index in [-0.39, 0.29) is 0 Å². The van der Waals surface area contributed by atoms with Gasteiger partial charge in [0.05, 0.1) is 0 Å². The third-order valence-corrected chi connectivity index (χ3v) is 3.86. The van der Waals surface area contributed by atoms with Gasteiger partial charge in [0.2, 0.25) is 0 Å². The first-order valence-corrected chi connectivity index (χ1v) is 6.16. The van der Waals surface area contributed by atoms with E-state index in [0.29, 0.717) is 5.41 Å². The minimum absolute atomic E-state index is 0.565. The molecular weight excluding hydrogens is 198 g/mol. The van der Waals surface area contributed by atoms with Gasteiger partial charge in [-0.05, 0) is 38.4 Å². The second kappa shape index (κ2) is 3.74. The number of nitrogens with zero attached hydrogens (tertiary/aromatic N) is 2. The van der Waals surface area contributed by atoms with Crippen LogP contribution in [0.4, 0.5) is 5.69 Å². The Morgan fingerprint density at radius 2 is 2.31 bits per heavy atom. The zero-order valence-electron chi connectivity index (χ0n) is 9.87. The molecule has 2 aliphatic heterocycles. The molecule has 0 radical (unpaired) electrons. The lowest BCUT2D eigenvalue weighted by atomic mass is 9.74. The maximum Gasteiger partial charge on any atom is 0.0400 e. The van der Waals surface area contributed by atoms with Gasteiger partial charge in [-0.2, -0.15) is 0 Å².